The largest absolute Gasteiger partial charge is 0.480 e. The summed E-state index contributed by atoms with van der Waals surface area (Å²) in [5.41, 5.74) is 2.63. The van der Waals surface area contributed by atoms with Crippen LogP contribution in [0.3, 0.4) is 0 Å². The molecular weight excluding hydrogens is 364 g/mol. The molecule has 0 aliphatic rings. The number of rotatable bonds is 9. The summed E-state index contributed by atoms with van der Waals surface area (Å²) >= 11 is 1.13. The molecule has 1 atom stereocenters. The summed E-state index contributed by atoms with van der Waals surface area (Å²) in [6.07, 6.45) is 0.209. The summed E-state index contributed by atoms with van der Waals surface area (Å²) in [5, 5.41) is 14.5. The summed E-state index contributed by atoms with van der Waals surface area (Å²) in [7, 11) is 0. The molecule has 6 nitrogen and oxygen atoms in total. The minimum absolute atomic E-state index is 0.0138. The molecule has 2 aromatic carbocycles. The van der Waals surface area contributed by atoms with Crippen LogP contribution < -0.4 is 10.6 Å². The van der Waals surface area contributed by atoms with Crippen molar-refractivity contribution in [2.45, 2.75) is 19.4 Å². The molecule has 3 N–H and O–H groups in total. The lowest BCUT2D eigenvalue weighted by Gasteiger charge is -2.14. The lowest BCUT2D eigenvalue weighted by Crippen LogP contribution is -2.43. The molecule has 1 unspecified atom stereocenters. The van der Waals surface area contributed by atoms with Crippen molar-refractivity contribution >= 4 is 35.2 Å². The Morgan fingerprint density at radius 3 is 2.22 bits per heavy atom. The molecule has 0 saturated heterocycles. The highest BCUT2D eigenvalue weighted by Gasteiger charge is 2.20. The van der Waals surface area contributed by atoms with Gasteiger partial charge in [0.25, 0.3) is 0 Å². The fourth-order valence-corrected chi connectivity index (χ4v) is 2.98. The van der Waals surface area contributed by atoms with Crippen molar-refractivity contribution in [2.24, 2.45) is 0 Å². The second-order valence-electron chi connectivity index (χ2n) is 6.06. The molecule has 0 saturated carbocycles. The maximum absolute atomic E-state index is 12.0. The molecule has 2 aromatic rings. The van der Waals surface area contributed by atoms with Crippen molar-refractivity contribution in [1.82, 2.24) is 5.32 Å². The molecule has 0 fully saturated rings. The number of carboxylic acids is 1. The van der Waals surface area contributed by atoms with Gasteiger partial charge in [0.05, 0.1) is 11.5 Å². The molecule has 7 heteroatoms. The number of aryl methyl sites for hydroxylation is 1. The minimum atomic E-state index is -1.09. The quantitative estimate of drug-likeness (QED) is 0.615. The Hall–Kier alpha value is -2.80. The van der Waals surface area contributed by atoms with Crippen LogP contribution in [0.25, 0.3) is 0 Å². The topological polar surface area (TPSA) is 95.5 Å². The first-order valence-electron chi connectivity index (χ1n) is 8.44. The van der Waals surface area contributed by atoms with E-state index in [1.54, 1.807) is 0 Å². The first-order chi connectivity index (χ1) is 12.9. The van der Waals surface area contributed by atoms with Crippen molar-refractivity contribution in [3.63, 3.8) is 0 Å². The van der Waals surface area contributed by atoms with Crippen molar-refractivity contribution < 1.29 is 19.5 Å². The van der Waals surface area contributed by atoms with Gasteiger partial charge in [-0.3, -0.25) is 9.59 Å². The van der Waals surface area contributed by atoms with E-state index in [0.29, 0.717) is 5.69 Å². The lowest BCUT2D eigenvalue weighted by molar-refractivity contribution is -0.141. The molecule has 27 heavy (non-hydrogen) atoms. The average molecular weight is 386 g/mol. The highest BCUT2D eigenvalue weighted by Crippen LogP contribution is 2.10. The lowest BCUT2D eigenvalue weighted by atomic mass is 10.1. The van der Waals surface area contributed by atoms with Gasteiger partial charge in [0.15, 0.2) is 0 Å². The monoisotopic (exact) mass is 386 g/mol. The maximum Gasteiger partial charge on any atom is 0.326 e. The summed E-state index contributed by atoms with van der Waals surface area (Å²) in [4.78, 5) is 35.3. The zero-order valence-corrected chi connectivity index (χ0v) is 15.8. The Balaban J connectivity index is 1.74. The Kier molecular flexibility index (Phi) is 7.88. The number of anilines is 1. The summed E-state index contributed by atoms with van der Waals surface area (Å²) in [6, 6.07) is 15.5. The third-order valence-electron chi connectivity index (χ3n) is 3.72. The predicted molar refractivity (Wildman–Crippen MR) is 107 cm³/mol. The van der Waals surface area contributed by atoms with E-state index >= 15 is 0 Å². The molecule has 2 amide bonds. The molecule has 0 aliphatic carbocycles. The Morgan fingerprint density at radius 2 is 1.59 bits per heavy atom. The standard InChI is InChI=1S/C20H22N2O4S/c1-14-7-9-16(10-8-14)21-18(23)12-27-13-19(24)22-17(20(25)26)11-15-5-3-2-4-6-15/h2-10,17H,11-13H2,1H3,(H,21,23)(H,22,24)(H,25,26). The highest BCUT2D eigenvalue weighted by molar-refractivity contribution is 8.00. The van der Waals surface area contributed by atoms with Crippen LogP contribution in [0.5, 0.6) is 0 Å². The van der Waals surface area contributed by atoms with Crippen molar-refractivity contribution in [3.05, 3.63) is 65.7 Å². The first kappa shape index (κ1) is 20.5. The normalized spacial score (nSPS) is 11.4. The van der Waals surface area contributed by atoms with Crippen LogP contribution >= 0.6 is 11.8 Å². The van der Waals surface area contributed by atoms with Crippen LogP contribution in [-0.4, -0.2) is 40.4 Å². The van der Waals surface area contributed by atoms with E-state index in [2.05, 4.69) is 10.6 Å². The maximum atomic E-state index is 12.0. The molecule has 0 aliphatic heterocycles. The Bertz CT molecular complexity index is 778. The van der Waals surface area contributed by atoms with Crippen LogP contribution in [0.2, 0.25) is 0 Å². The Labute approximate surface area is 162 Å². The van der Waals surface area contributed by atoms with Gasteiger partial charge in [-0.1, -0.05) is 48.0 Å². The van der Waals surface area contributed by atoms with Gasteiger partial charge in [-0.25, -0.2) is 4.79 Å². The highest BCUT2D eigenvalue weighted by atomic mass is 32.2. The molecule has 0 aromatic heterocycles. The molecule has 142 valence electrons. The van der Waals surface area contributed by atoms with Gasteiger partial charge in [0, 0.05) is 12.1 Å². The van der Waals surface area contributed by atoms with Crippen molar-refractivity contribution in [1.29, 1.82) is 0 Å². The van der Waals surface area contributed by atoms with E-state index in [0.717, 1.165) is 22.9 Å². The van der Waals surface area contributed by atoms with Crippen LogP contribution in [0.15, 0.2) is 54.6 Å². The van der Waals surface area contributed by atoms with Crippen molar-refractivity contribution in [3.8, 4) is 0 Å². The fourth-order valence-electron chi connectivity index (χ4n) is 2.36. The van der Waals surface area contributed by atoms with E-state index in [4.69, 9.17) is 0 Å². The van der Waals surface area contributed by atoms with E-state index in [9.17, 15) is 19.5 Å². The van der Waals surface area contributed by atoms with E-state index in [1.165, 1.54) is 0 Å². The number of carbonyl (C=O) groups excluding carboxylic acids is 2. The number of hydrogen-bond acceptors (Lipinski definition) is 4. The molecule has 0 radical (unpaired) electrons. The third-order valence-corrected chi connectivity index (χ3v) is 4.65. The second kappa shape index (κ2) is 10.4. The van der Waals surface area contributed by atoms with E-state index in [-0.39, 0.29) is 23.8 Å². The third kappa shape index (κ3) is 7.53. The number of carboxylic acid groups (broad SMARTS) is 1. The SMILES string of the molecule is Cc1ccc(NC(=O)CSCC(=O)NC(Cc2ccccc2)C(=O)O)cc1. The number of nitrogens with one attached hydrogen (secondary N) is 2. The number of carbonyl (C=O) groups is 3. The zero-order chi connectivity index (χ0) is 19.6. The molecule has 0 bridgehead atoms. The number of thioether (sulfide) groups is 1. The zero-order valence-electron chi connectivity index (χ0n) is 15.0. The predicted octanol–water partition coefficient (Wildman–Crippen LogP) is 2.48. The number of hydrogen-bond donors (Lipinski definition) is 3. The summed E-state index contributed by atoms with van der Waals surface area (Å²) in [5.74, 6) is -1.59. The van der Waals surface area contributed by atoms with E-state index < -0.39 is 17.9 Å². The van der Waals surface area contributed by atoms with Crippen LogP contribution in [0.4, 0.5) is 5.69 Å². The Morgan fingerprint density at radius 1 is 0.963 bits per heavy atom. The molecule has 2 rings (SSSR count). The smallest absolute Gasteiger partial charge is 0.326 e. The average Bonchev–Trinajstić information content (AvgIpc) is 2.64. The summed E-state index contributed by atoms with van der Waals surface area (Å²) in [6.45, 7) is 1.96. The van der Waals surface area contributed by atoms with Crippen LogP contribution in [0.1, 0.15) is 11.1 Å². The van der Waals surface area contributed by atoms with Crippen LogP contribution in [0, 0.1) is 6.92 Å². The fraction of sp³-hybridized carbons (Fsp3) is 0.250. The van der Waals surface area contributed by atoms with Gasteiger partial charge < -0.3 is 15.7 Å². The molecule has 0 spiro atoms. The van der Waals surface area contributed by atoms with Gasteiger partial charge in [0.1, 0.15) is 6.04 Å². The van der Waals surface area contributed by atoms with Gasteiger partial charge in [0.2, 0.25) is 11.8 Å². The summed E-state index contributed by atoms with van der Waals surface area (Å²) < 4.78 is 0. The minimum Gasteiger partial charge on any atom is -0.480 e. The van der Waals surface area contributed by atoms with Gasteiger partial charge in [-0.2, -0.15) is 0 Å². The number of amides is 2. The van der Waals surface area contributed by atoms with Gasteiger partial charge in [-0.15, -0.1) is 11.8 Å². The molecule has 0 heterocycles. The molecular formula is C20H22N2O4S. The van der Waals surface area contributed by atoms with Crippen LogP contribution in [-0.2, 0) is 20.8 Å². The second-order valence-corrected chi connectivity index (χ2v) is 7.04. The van der Waals surface area contributed by atoms with E-state index in [1.807, 2.05) is 61.5 Å². The van der Waals surface area contributed by atoms with Gasteiger partial charge in [-0.05, 0) is 24.6 Å². The van der Waals surface area contributed by atoms with Gasteiger partial charge >= 0.3 is 5.97 Å². The number of aliphatic carboxylic acids is 1. The van der Waals surface area contributed by atoms with Crippen molar-refractivity contribution in [2.75, 3.05) is 16.8 Å². The first-order valence-corrected chi connectivity index (χ1v) is 9.60. The number of benzene rings is 2.